The number of ether oxygens (including phenoxy) is 1. The van der Waals surface area contributed by atoms with E-state index in [-0.39, 0.29) is 11.7 Å². The number of aryl methyl sites for hydroxylation is 2. The van der Waals surface area contributed by atoms with Gasteiger partial charge in [-0.1, -0.05) is 54.6 Å². The summed E-state index contributed by atoms with van der Waals surface area (Å²) in [7, 11) is 0. The van der Waals surface area contributed by atoms with Gasteiger partial charge in [-0.3, -0.25) is 4.79 Å². The number of para-hydroxylation sites is 1. The lowest BCUT2D eigenvalue weighted by Crippen LogP contribution is -2.14. The van der Waals surface area contributed by atoms with Crippen LogP contribution in [0.2, 0.25) is 0 Å². The molecule has 0 saturated carbocycles. The van der Waals surface area contributed by atoms with Crippen LogP contribution >= 0.6 is 0 Å². The molecular formula is C29H24N4O2. The molecule has 0 bridgehead atoms. The van der Waals surface area contributed by atoms with E-state index in [1.165, 1.54) is 5.56 Å². The lowest BCUT2D eigenvalue weighted by atomic mass is 10.1. The van der Waals surface area contributed by atoms with E-state index < -0.39 is 0 Å². The zero-order valence-electron chi connectivity index (χ0n) is 19.5. The van der Waals surface area contributed by atoms with Gasteiger partial charge in [0.25, 0.3) is 5.91 Å². The minimum Gasteiger partial charge on any atom is -0.457 e. The predicted molar refractivity (Wildman–Crippen MR) is 137 cm³/mol. The third-order valence-corrected chi connectivity index (χ3v) is 5.67. The summed E-state index contributed by atoms with van der Waals surface area (Å²) in [6, 6.07) is 32.5. The van der Waals surface area contributed by atoms with Crippen molar-refractivity contribution in [3.63, 3.8) is 0 Å². The Hall–Kier alpha value is -4.71. The van der Waals surface area contributed by atoms with Gasteiger partial charge in [-0.25, -0.2) is 9.67 Å². The van der Waals surface area contributed by atoms with E-state index in [0.29, 0.717) is 17.3 Å². The number of amides is 1. The van der Waals surface area contributed by atoms with Crippen LogP contribution in [0.15, 0.2) is 103 Å². The lowest BCUT2D eigenvalue weighted by molar-refractivity contribution is 0.101. The van der Waals surface area contributed by atoms with E-state index in [2.05, 4.69) is 29.2 Å². The van der Waals surface area contributed by atoms with Crippen molar-refractivity contribution in [1.82, 2.24) is 14.8 Å². The number of hydrogen-bond donors (Lipinski definition) is 1. The summed E-state index contributed by atoms with van der Waals surface area (Å²) < 4.78 is 7.53. The van der Waals surface area contributed by atoms with Gasteiger partial charge in [-0.2, -0.15) is 0 Å². The van der Waals surface area contributed by atoms with Crippen LogP contribution in [-0.4, -0.2) is 20.7 Å². The SMILES string of the molecule is Cc1ccc(-n2nc(C(=O)Nc3ccc(Oc4ccccc4)cc3)nc2-c2ccccc2)cc1C. The minimum absolute atomic E-state index is 0.0895. The van der Waals surface area contributed by atoms with E-state index in [9.17, 15) is 4.79 Å². The highest BCUT2D eigenvalue weighted by Gasteiger charge is 2.19. The van der Waals surface area contributed by atoms with Crippen molar-refractivity contribution in [3.8, 4) is 28.6 Å². The first kappa shape index (κ1) is 22.1. The first-order chi connectivity index (χ1) is 17.1. The fourth-order valence-electron chi connectivity index (χ4n) is 3.64. The average Bonchev–Trinajstić information content (AvgIpc) is 3.34. The Bertz CT molecular complexity index is 1460. The van der Waals surface area contributed by atoms with E-state index in [1.807, 2.05) is 78.9 Å². The van der Waals surface area contributed by atoms with Gasteiger partial charge in [0.1, 0.15) is 11.5 Å². The zero-order chi connectivity index (χ0) is 24.2. The summed E-state index contributed by atoms with van der Waals surface area (Å²) in [5, 5.41) is 7.45. The van der Waals surface area contributed by atoms with Gasteiger partial charge in [-0.05, 0) is 73.5 Å². The second kappa shape index (κ2) is 9.65. The van der Waals surface area contributed by atoms with E-state index >= 15 is 0 Å². The van der Waals surface area contributed by atoms with Gasteiger partial charge in [-0.15, -0.1) is 5.10 Å². The third kappa shape index (κ3) is 4.96. The summed E-state index contributed by atoms with van der Waals surface area (Å²) in [5.41, 5.74) is 4.67. The van der Waals surface area contributed by atoms with Gasteiger partial charge >= 0.3 is 0 Å². The molecule has 0 aliphatic heterocycles. The highest BCUT2D eigenvalue weighted by atomic mass is 16.5. The van der Waals surface area contributed by atoms with Crippen LogP contribution in [-0.2, 0) is 0 Å². The Morgan fingerprint density at radius 2 is 1.43 bits per heavy atom. The number of carbonyl (C=O) groups is 1. The maximum atomic E-state index is 13.1. The molecule has 0 radical (unpaired) electrons. The van der Waals surface area contributed by atoms with Gasteiger partial charge in [0.05, 0.1) is 5.69 Å². The monoisotopic (exact) mass is 460 g/mol. The maximum absolute atomic E-state index is 13.1. The van der Waals surface area contributed by atoms with Crippen molar-refractivity contribution < 1.29 is 9.53 Å². The number of aromatic nitrogens is 3. The summed E-state index contributed by atoms with van der Waals surface area (Å²) in [6.45, 7) is 4.12. The van der Waals surface area contributed by atoms with Crippen molar-refractivity contribution in [2.45, 2.75) is 13.8 Å². The van der Waals surface area contributed by atoms with Crippen LogP contribution < -0.4 is 10.1 Å². The van der Waals surface area contributed by atoms with Crippen LogP contribution in [0.1, 0.15) is 21.7 Å². The van der Waals surface area contributed by atoms with E-state index in [0.717, 1.165) is 22.6 Å². The van der Waals surface area contributed by atoms with Gasteiger partial charge in [0.2, 0.25) is 5.82 Å². The smallest absolute Gasteiger partial charge is 0.295 e. The molecule has 0 unspecified atom stereocenters. The molecule has 0 aliphatic carbocycles. The predicted octanol–water partition coefficient (Wildman–Crippen LogP) is 6.60. The fraction of sp³-hybridized carbons (Fsp3) is 0.0690. The molecule has 6 heteroatoms. The molecule has 1 aromatic heterocycles. The summed E-state index contributed by atoms with van der Waals surface area (Å²) >= 11 is 0. The van der Waals surface area contributed by atoms with Crippen LogP contribution in [0.5, 0.6) is 11.5 Å². The second-order valence-electron chi connectivity index (χ2n) is 8.20. The number of carbonyl (C=O) groups excluding carboxylic acids is 1. The minimum atomic E-state index is -0.388. The molecule has 6 nitrogen and oxygen atoms in total. The molecule has 5 rings (SSSR count). The lowest BCUT2D eigenvalue weighted by Gasteiger charge is -2.08. The number of benzene rings is 4. The van der Waals surface area contributed by atoms with Crippen LogP contribution in [0.25, 0.3) is 17.1 Å². The molecule has 0 atom stereocenters. The highest BCUT2D eigenvalue weighted by molar-refractivity contribution is 6.01. The first-order valence-electron chi connectivity index (χ1n) is 11.3. The first-order valence-corrected chi connectivity index (χ1v) is 11.3. The standard InChI is InChI=1S/C29H24N4O2/c1-20-13-16-24(19-21(20)2)33-28(22-9-5-3-6-10-22)31-27(32-33)29(34)30-23-14-17-26(18-15-23)35-25-11-7-4-8-12-25/h3-19H,1-2H3,(H,30,34). The third-order valence-electron chi connectivity index (χ3n) is 5.67. The molecular weight excluding hydrogens is 436 g/mol. The van der Waals surface area contributed by atoms with Crippen LogP contribution in [0.3, 0.4) is 0 Å². The van der Waals surface area contributed by atoms with Crippen LogP contribution in [0.4, 0.5) is 5.69 Å². The molecule has 0 fully saturated rings. The maximum Gasteiger partial charge on any atom is 0.295 e. The Balaban J connectivity index is 1.41. The topological polar surface area (TPSA) is 69.0 Å². The van der Waals surface area contributed by atoms with Crippen molar-refractivity contribution in [1.29, 1.82) is 0 Å². The Kier molecular flexibility index (Phi) is 6.09. The molecule has 1 heterocycles. The van der Waals surface area contributed by atoms with Crippen molar-refractivity contribution >= 4 is 11.6 Å². The molecule has 4 aromatic carbocycles. The summed E-state index contributed by atoms with van der Waals surface area (Å²) in [4.78, 5) is 17.7. The van der Waals surface area contributed by atoms with Crippen molar-refractivity contribution in [2.24, 2.45) is 0 Å². The number of nitrogens with one attached hydrogen (secondary N) is 1. The van der Waals surface area contributed by atoms with Crippen LogP contribution in [0, 0.1) is 13.8 Å². The summed E-state index contributed by atoms with van der Waals surface area (Å²) in [6.07, 6.45) is 0. The summed E-state index contributed by atoms with van der Waals surface area (Å²) in [5.74, 6) is 1.73. The molecule has 35 heavy (non-hydrogen) atoms. The molecule has 0 spiro atoms. The van der Waals surface area contributed by atoms with Gasteiger partial charge in [0.15, 0.2) is 5.82 Å². The largest absolute Gasteiger partial charge is 0.457 e. The quantitative estimate of drug-likeness (QED) is 0.310. The normalized spacial score (nSPS) is 10.7. The Morgan fingerprint density at radius 1 is 0.771 bits per heavy atom. The highest BCUT2D eigenvalue weighted by Crippen LogP contribution is 2.25. The molecule has 1 amide bonds. The number of hydrogen-bond acceptors (Lipinski definition) is 4. The molecule has 0 saturated heterocycles. The van der Waals surface area contributed by atoms with Crippen molar-refractivity contribution in [3.05, 3.63) is 120 Å². The van der Waals surface area contributed by atoms with Crippen molar-refractivity contribution in [2.75, 3.05) is 5.32 Å². The number of anilines is 1. The Labute approximate surface area is 203 Å². The fourth-order valence-corrected chi connectivity index (χ4v) is 3.64. The molecule has 0 aliphatic rings. The van der Waals surface area contributed by atoms with Gasteiger partial charge in [0, 0.05) is 11.3 Å². The zero-order valence-corrected chi connectivity index (χ0v) is 19.5. The Morgan fingerprint density at radius 3 is 2.11 bits per heavy atom. The molecule has 5 aromatic rings. The second-order valence-corrected chi connectivity index (χ2v) is 8.20. The molecule has 172 valence electrons. The number of nitrogens with zero attached hydrogens (tertiary/aromatic N) is 3. The molecule has 1 N–H and O–H groups in total. The average molecular weight is 461 g/mol. The van der Waals surface area contributed by atoms with E-state index in [4.69, 9.17) is 4.74 Å². The van der Waals surface area contributed by atoms with Gasteiger partial charge < -0.3 is 10.1 Å². The van der Waals surface area contributed by atoms with E-state index in [1.54, 1.807) is 28.9 Å². The number of rotatable bonds is 6.